The number of nitrogen functional groups attached to an aromatic ring is 1. The largest absolute Gasteiger partial charge is 0.492 e. The Morgan fingerprint density at radius 1 is 1.08 bits per heavy atom. The number of aromatic nitrogens is 1. The van der Waals surface area contributed by atoms with E-state index in [0.29, 0.717) is 13.0 Å². The van der Waals surface area contributed by atoms with Crippen molar-refractivity contribution in [2.24, 2.45) is 5.92 Å². The number of rotatable bonds is 11. The zero-order valence-corrected chi connectivity index (χ0v) is 22.8. The molecule has 1 heterocycles. The number of anilines is 1. The maximum absolute atomic E-state index is 15.0. The van der Waals surface area contributed by atoms with E-state index in [4.69, 9.17) is 57.4 Å². The predicted molar refractivity (Wildman–Crippen MR) is 137 cm³/mol. The van der Waals surface area contributed by atoms with Crippen LogP contribution in [0.1, 0.15) is 16.9 Å². The lowest BCUT2D eigenvalue weighted by Crippen LogP contribution is -2.57. The highest BCUT2D eigenvalue weighted by Crippen LogP contribution is 2.37. The number of ketones is 1. The van der Waals surface area contributed by atoms with Gasteiger partial charge in [0.25, 0.3) is 0 Å². The molecule has 204 valence electrons. The monoisotopic (exact) mass is 560 g/mol. The lowest BCUT2D eigenvalue weighted by atomic mass is 9.80. The second kappa shape index (κ2) is 13.1. The van der Waals surface area contributed by atoms with Crippen LogP contribution < -0.4 is 10.5 Å². The summed E-state index contributed by atoms with van der Waals surface area (Å²) in [5.74, 6) is -1.50. The Balaban J connectivity index is 1.87. The van der Waals surface area contributed by atoms with Gasteiger partial charge in [-0.05, 0) is 24.6 Å². The van der Waals surface area contributed by atoms with Crippen molar-refractivity contribution < 1.29 is 37.6 Å². The smallest absolute Gasteiger partial charge is 0.208 e. The molecule has 1 aliphatic carbocycles. The molecule has 0 amide bonds. The van der Waals surface area contributed by atoms with Crippen LogP contribution in [0.4, 0.5) is 10.1 Å². The summed E-state index contributed by atoms with van der Waals surface area (Å²) in [6.45, 7) is 0.0328. The van der Waals surface area contributed by atoms with Crippen LogP contribution >= 0.6 is 23.2 Å². The van der Waals surface area contributed by atoms with Gasteiger partial charge in [-0.3, -0.25) is 4.79 Å². The van der Waals surface area contributed by atoms with E-state index in [0.717, 1.165) is 0 Å². The molecule has 1 aliphatic rings. The number of benzene rings is 1. The summed E-state index contributed by atoms with van der Waals surface area (Å²) < 4.78 is 48.4. The highest BCUT2D eigenvalue weighted by molar-refractivity contribution is 6.36. The first-order valence-corrected chi connectivity index (χ1v) is 12.2. The van der Waals surface area contributed by atoms with Crippen molar-refractivity contribution in [1.29, 1.82) is 0 Å². The fourth-order valence-electron chi connectivity index (χ4n) is 4.69. The van der Waals surface area contributed by atoms with Crippen LogP contribution in [0.5, 0.6) is 5.75 Å². The lowest BCUT2D eigenvalue weighted by molar-refractivity contribution is -0.202. The second-order valence-electron chi connectivity index (χ2n) is 8.53. The van der Waals surface area contributed by atoms with Crippen molar-refractivity contribution in [3.05, 3.63) is 39.8 Å². The fraction of sp³-hybridized carbons (Fsp3) is 0.520. The summed E-state index contributed by atoms with van der Waals surface area (Å²) in [4.78, 5) is 17.5. The van der Waals surface area contributed by atoms with Crippen LogP contribution in [-0.4, -0.2) is 83.9 Å². The number of nitrogens with two attached hydrogens (primary N) is 1. The molecule has 12 heteroatoms. The maximum atomic E-state index is 15.0. The molecule has 1 saturated carbocycles. The van der Waals surface area contributed by atoms with Gasteiger partial charge in [-0.15, -0.1) is 0 Å². The Hall–Kier alpha value is -2.05. The Kier molecular flexibility index (Phi) is 10.5. The molecule has 3 rings (SSSR count). The van der Waals surface area contributed by atoms with Crippen LogP contribution in [0.2, 0.25) is 10.0 Å². The number of carbonyl (C=O) groups is 1. The van der Waals surface area contributed by atoms with E-state index >= 15 is 4.39 Å². The highest BCUT2D eigenvalue weighted by atomic mass is 35.5. The van der Waals surface area contributed by atoms with Crippen molar-refractivity contribution in [2.45, 2.75) is 30.8 Å². The van der Waals surface area contributed by atoms with Gasteiger partial charge in [0.15, 0.2) is 11.6 Å². The molecule has 1 aromatic heterocycles. The molecule has 2 N–H and O–H groups in total. The minimum atomic E-state index is -0.744. The van der Waals surface area contributed by atoms with Crippen LogP contribution in [0, 0.1) is 11.7 Å². The molecule has 5 atom stereocenters. The highest BCUT2D eigenvalue weighted by Gasteiger charge is 2.46. The maximum Gasteiger partial charge on any atom is 0.208 e. The van der Waals surface area contributed by atoms with Crippen LogP contribution in [0.15, 0.2) is 18.2 Å². The molecule has 37 heavy (non-hydrogen) atoms. The van der Waals surface area contributed by atoms with E-state index in [-0.39, 0.29) is 57.1 Å². The van der Waals surface area contributed by atoms with Gasteiger partial charge in [0.05, 0.1) is 47.4 Å². The lowest BCUT2D eigenvalue weighted by Gasteiger charge is -2.44. The third-order valence-corrected chi connectivity index (χ3v) is 7.11. The fourth-order valence-corrected chi connectivity index (χ4v) is 5.12. The Morgan fingerprint density at radius 2 is 1.76 bits per heavy atom. The molecule has 9 nitrogen and oxygen atoms in total. The summed E-state index contributed by atoms with van der Waals surface area (Å²) in [6.07, 6.45) is -1.26. The quantitative estimate of drug-likeness (QED) is 0.406. The predicted octanol–water partition coefficient (Wildman–Crippen LogP) is 4.06. The van der Waals surface area contributed by atoms with Crippen LogP contribution in [-0.2, 0) is 23.7 Å². The van der Waals surface area contributed by atoms with Gasteiger partial charge in [0.1, 0.15) is 24.5 Å². The average Bonchev–Trinajstić information content (AvgIpc) is 2.88. The Morgan fingerprint density at radius 3 is 2.35 bits per heavy atom. The number of ether oxygens (including phenoxy) is 6. The molecule has 1 aromatic carbocycles. The SMILES string of the molecule is COC[C@H]1C[C@H](OCC(=O)c2nc(-c3ccc(Cl)c(OC)c3F)cc(N)c2Cl)[C@H](OC)[C@@H](OC)[C@@H]1OC. The van der Waals surface area contributed by atoms with Gasteiger partial charge >= 0.3 is 0 Å². The average molecular weight is 561 g/mol. The second-order valence-corrected chi connectivity index (χ2v) is 9.31. The number of halogens is 3. The third kappa shape index (κ3) is 6.17. The third-order valence-electron chi connectivity index (χ3n) is 6.42. The van der Waals surface area contributed by atoms with E-state index < -0.39 is 29.9 Å². The number of hydrogen-bond acceptors (Lipinski definition) is 9. The number of hydrogen-bond donors (Lipinski definition) is 1. The van der Waals surface area contributed by atoms with E-state index in [9.17, 15) is 4.79 Å². The number of pyridine rings is 1. The molecule has 0 unspecified atom stereocenters. The number of carbonyl (C=O) groups excluding carboxylic acids is 1. The summed E-state index contributed by atoms with van der Waals surface area (Å²) in [5.41, 5.74) is 6.08. The van der Waals surface area contributed by atoms with Gasteiger partial charge in [-0.25, -0.2) is 9.37 Å². The van der Waals surface area contributed by atoms with Crippen molar-refractivity contribution in [3.8, 4) is 17.0 Å². The summed E-state index contributed by atoms with van der Waals surface area (Å²) in [7, 11) is 7.59. The number of nitrogens with zero attached hydrogens (tertiary/aromatic N) is 1. The molecule has 0 saturated heterocycles. The molecule has 2 aromatic rings. The molecular formula is C25H31Cl2FN2O7. The van der Waals surface area contributed by atoms with Gasteiger partial charge in [0, 0.05) is 39.9 Å². The van der Waals surface area contributed by atoms with Gasteiger partial charge in [-0.2, -0.15) is 0 Å². The topological polar surface area (TPSA) is 111 Å². The molecular weight excluding hydrogens is 530 g/mol. The summed E-state index contributed by atoms with van der Waals surface area (Å²) in [6, 6.07) is 4.25. The summed E-state index contributed by atoms with van der Waals surface area (Å²) in [5, 5.41) is 0.0320. The molecule has 1 fully saturated rings. The first kappa shape index (κ1) is 29.5. The molecule has 0 spiro atoms. The minimum absolute atomic E-state index is 0.0438. The van der Waals surface area contributed by atoms with E-state index in [2.05, 4.69) is 4.98 Å². The molecule has 0 radical (unpaired) electrons. The van der Waals surface area contributed by atoms with Crippen molar-refractivity contribution in [1.82, 2.24) is 4.98 Å². The van der Waals surface area contributed by atoms with Gasteiger partial charge in [-0.1, -0.05) is 23.2 Å². The number of Topliss-reactive ketones (excluding diaryl/α,β-unsaturated/α-hetero) is 1. The molecule has 0 bridgehead atoms. The normalized spacial score (nSPS) is 23.7. The Bertz CT molecular complexity index is 1110. The van der Waals surface area contributed by atoms with E-state index in [1.54, 1.807) is 21.3 Å². The Labute approximate surface area is 225 Å². The standard InChI is InChI=1S/C25H31Cl2FN2O7/c1-32-10-12-8-18(24(35-4)25(36-5)22(12)33-2)37-11-17(31)21-19(27)15(29)9-16(30-21)13-6-7-14(26)23(34-3)20(13)28/h6-7,9,12,18,22,24-25H,8,10-11H2,1-5H3,(H2,29,30)/t12-,18+,22-,24+,25+/m1/s1. The summed E-state index contributed by atoms with van der Waals surface area (Å²) >= 11 is 12.3. The van der Waals surface area contributed by atoms with Crippen LogP contribution in [0.3, 0.4) is 0 Å². The van der Waals surface area contributed by atoms with Crippen molar-refractivity contribution in [2.75, 3.05) is 54.5 Å². The zero-order chi connectivity index (χ0) is 27.3. The van der Waals surface area contributed by atoms with Gasteiger partial charge in [0.2, 0.25) is 5.78 Å². The van der Waals surface area contributed by atoms with E-state index in [1.807, 2.05) is 0 Å². The van der Waals surface area contributed by atoms with E-state index in [1.165, 1.54) is 32.4 Å². The number of methoxy groups -OCH3 is 5. The molecule has 0 aliphatic heterocycles. The van der Waals surface area contributed by atoms with Crippen molar-refractivity contribution in [3.63, 3.8) is 0 Å². The first-order valence-electron chi connectivity index (χ1n) is 11.4. The minimum Gasteiger partial charge on any atom is -0.492 e. The van der Waals surface area contributed by atoms with Crippen molar-refractivity contribution >= 4 is 34.7 Å². The first-order chi connectivity index (χ1) is 17.7. The van der Waals surface area contributed by atoms with Crippen LogP contribution in [0.25, 0.3) is 11.3 Å². The van der Waals surface area contributed by atoms with Gasteiger partial charge < -0.3 is 34.2 Å². The zero-order valence-electron chi connectivity index (χ0n) is 21.3.